The fourth-order valence-corrected chi connectivity index (χ4v) is 0.526. The normalized spacial score (nSPS) is 11.8. The Balaban J connectivity index is 3.59. The van der Waals surface area contributed by atoms with Crippen LogP contribution in [0.2, 0.25) is 0 Å². The third kappa shape index (κ3) is 3.88. The van der Waals surface area contributed by atoms with Gasteiger partial charge < -0.3 is 10.1 Å². The van der Waals surface area contributed by atoms with Gasteiger partial charge in [0.15, 0.2) is 6.23 Å². The summed E-state index contributed by atoms with van der Waals surface area (Å²) in [7, 11) is 0. The van der Waals surface area contributed by atoms with Crippen LogP contribution in [-0.4, -0.2) is 18.6 Å². The highest BCUT2D eigenvalue weighted by atomic mass is 16.5. The van der Waals surface area contributed by atoms with E-state index in [2.05, 4.69) is 10.1 Å². The number of rotatable bonds is 4. The van der Waals surface area contributed by atoms with Gasteiger partial charge in [0.1, 0.15) is 0 Å². The van der Waals surface area contributed by atoms with Gasteiger partial charge in [-0.2, -0.15) is 0 Å². The lowest BCUT2D eigenvalue weighted by Crippen LogP contribution is -2.34. The van der Waals surface area contributed by atoms with E-state index in [9.17, 15) is 9.59 Å². The minimum absolute atomic E-state index is 0.200. The summed E-state index contributed by atoms with van der Waals surface area (Å²) < 4.78 is 4.49. The molecule has 0 aromatic heterocycles. The lowest BCUT2D eigenvalue weighted by molar-refractivity contribution is -0.138. The lowest BCUT2D eigenvalue weighted by Gasteiger charge is -2.12. The van der Waals surface area contributed by atoms with Crippen molar-refractivity contribution in [3.8, 4) is 0 Å². The molecule has 0 spiro atoms. The summed E-state index contributed by atoms with van der Waals surface area (Å²) in [6, 6.07) is 0. The minimum Gasteiger partial charge on any atom is -0.444 e. The molecular formula is C6H11NO3. The van der Waals surface area contributed by atoms with Crippen LogP contribution in [0, 0.1) is 0 Å². The van der Waals surface area contributed by atoms with Gasteiger partial charge in [-0.1, -0.05) is 6.92 Å². The first-order valence-electron chi connectivity index (χ1n) is 3.07. The number of ether oxygens (including phenoxy) is 1. The third-order valence-corrected chi connectivity index (χ3v) is 0.955. The van der Waals surface area contributed by atoms with Crippen molar-refractivity contribution >= 4 is 12.4 Å². The van der Waals surface area contributed by atoms with Crippen LogP contribution in [0.1, 0.15) is 20.3 Å². The molecule has 0 aliphatic rings. The van der Waals surface area contributed by atoms with Crippen molar-refractivity contribution in [1.29, 1.82) is 0 Å². The minimum atomic E-state index is -0.477. The maximum atomic E-state index is 10.4. The van der Waals surface area contributed by atoms with E-state index in [-0.39, 0.29) is 5.91 Å². The number of carbonyl (C=O) groups is 2. The molecule has 0 aliphatic carbocycles. The lowest BCUT2D eigenvalue weighted by atomic mass is 10.4. The van der Waals surface area contributed by atoms with E-state index in [0.717, 1.165) is 0 Å². The Kier molecular flexibility index (Phi) is 4.28. The largest absolute Gasteiger partial charge is 0.444 e. The van der Waals surface area contributed by atoms with E-state index in [4.69, 9.17) is 0 Å². The third-order valence-electron chi connectivity index (χ3n) is 0.955. The van der Waals surface area contributed by atoms with Crippen molar-refractivity contribution in [2.24, 2.45) is 0 Å². The van der Waals surface area contributed by atoms with Crippen molar-refractivity contribution < 1.29 is 14.3 Å². The number of hydrogen-bond donors (Lipinski definition) is 1. The van der Waals surface area contributed by atoms with Crippen molar-refractivity contribution in [3.63, 3.8) is 0 Å². The summed E-state index contributed by atoms with van der Waals surface area (Å²) in [6.45, 7) is 3.50. The topological polar surface area (TPSA) is 55.4 Å². The Morgan fingerprint density at radius 2 is 2.40 bits per heavy atom. The zero-order valence-electron chi connectivity index (χ0n) is 6.09. The van der Waals surface area contributed by atoms with Crippen LogP contribution in [-0.2, 0) is 14.3 Å². The van der Waals surface area contributed by atoms with Crippen LogP contribution < -0.4 is 5.32 Å². The first kappa shape index (κ1) is 8.94. The SMILES string of the molecule is CCC(NC(C)=O)OC=O. The predicted octanol–water partition coefficient (Wildman–Crippen LogP) is 0.0316. The summed E-state index contributed by atoms with van der Waals surface area (Å²) in [5.41, 5.74) is 0. The van der Waals surface area contributed by atoms with Crippen molar-refractivity contribution in [2.45, 2.75) is 26.5 Å². The molecule has 0 saturated carbocycles. The first-order chi connectivity index (χ1) is 4.70. The van der Waals surface area contributed by atoms with Gasteiger partial charge in [-0.3, -0.25) is 9.59 Å². The Morgan fingerprint density at radius 1 is 1.80 bits per heavy atom. The van der Waals surface area contributed by atoms with Crippen LogP contribution in [0.25, 0.3) is 0 Å². The Labute approximate surface area is 59.6 Å². The molecule has 0 aliphatic heterocycles. The first-order valence-corrected chi connectivity index (χ1v) is 3.07. The Morgan fingerprint density at radius 3 is 2.70 bits per heavy atom. The number of carbonyl (C=O) groups excluding carboxylic acids is 2. The maximum Gasteiger partial charge on any atom is 0.295 e. The Hall–Kier alpha value is -1.06. The fraction of sp³-hybridized carbons (Fsp3) is 0.667. The average Bonchev–Trinajstić information content (AvgIpc) is 1.86. The van der Waals surface area contributed by atoms with E-state index >= 15 is 0 Å². The average molecular weight is 145 g/mol. The van der Waals surface area contributed by atoms with Gasteiger partial charge in [-0.05, 0) is 0 Å². The molecule has 1 amide bonds. The molecule has 1 N–H and O–H groups in total. The second-order valence-corrected chi connectivity index (χ2v) is 1.83. The molecule has 0 heterocycles. The van der Waals surface area contributed by atoms with E-state index in [1.165, 1.54) is 6.92 Å². The molecule has 10 heavy (non-hydrogen) atoms. The zero-order valence-corrected chi connectivity index (χ0v) is 6.09. The molecule has 0 aromatic carbocycles. The molecule has 4 nitrogen and oxygen atoms in total. The number of nitrogens with one attached hydrogen (secondary N) is 1. The Bertz CT molecular complexity index is 124. The van der Waals surface area contributed by atoms with Gasteiger partial charge in [0.05, 0.1) is 0 Å². The number of hydrogen-bond acceptors (Lipinski definition) is 3. The molecule has 0 radical (unpaired) electrons. The monoisotopic (exact) mass is 145 g/mol. The van der Waals surface area contributed by atoms with Crippen LogP contribution in [0.15, 0.2) is 0 Å². The fourth-order valence-electron chi connectivity index (χ4n) is 0.526. The second kappa shape index (κ2) is 4.78. The van der Waals surface area contributed by atoms with E-state index in [1.54, 1.807) is 0 Å². The molecule has 1 atom stereocenters. The summed E-state index contributed by atoms with van der Waals surface area (Å²) in [4.78, 5) is 20.2. The van der Waals surface area contributed by atoms with E-state index < -0.39 is 6.23 Å². The highest BCUT2D eigenvalue weighted by Crippen LogP contribution is 1.89. The highest BCUT2D eigenvalue weighted by molar-refractivity contribution is 5.73. The smallest absolute Gasteiger partial charge is 0.295 e. The number of amides is 1. The van der Waals surface area contributed by atoms with Crippen LogP contribution in [0.4, 0.5) is 0 Å². The van der Waals surface area contributed by atoms with E-state index in [1.807, 2.05) is 6.92 Å². The molecule has 0 saturated heterocycles. The molecule has 0 aromatic rings. The van der Waals surface area contributed by atoms with Gasteiger partial charge in [0, 0.05) is 13.3 Å². The van der Waals surface area contributed by atoms with Crippen molar-refractivity contribution in [3.05, 3.63) is 0 Å². The maximum absolute atomic E-state index is 10.4. The summed E-state index contributed by atoms with van der Waals surface area (Å²) >= 11 is 0. The van der Waals surface area contributed by atoms with Gasteiger partial charge in [-0.25, -0.2) is 0 Å². The van der Waals surface area contributed by atoms with Gasteiger partial charge in [0.25, 0.3) is 6.47 Å². The van der Waals surface area contributed by atoms with Crippen molar-refractivity contribution in [1.82, 2.24) is 5.32 Å². The molecule has 1 unspecified atom stereocenters. The molecule has 4 heteroatoms. The van der Waals surface area contributed by atoms with Crippen LogP contribution >= 0.6 is 0 Å². The molecular weight excluding hydrogens is 134 g/mol. The summed E-state index contributed by atoms with van der Waals surface area (Å²) in [6.07, 6.45) is 0.105. The van der Waals surface area contributed by atoms with Crippen LogP contribution in [0.5, 0.6) is 0 Å². The highest BCUT2D eigenvalue weighted by Gasteiger charge is 2.05. The van der Waals surface area contributed by atoms with Gasteiger partial charge >= 0.3 is 0 Å². The van der Waals surface area contributed by atoms with E-state index in [0.29, 0.717) is 12.9 Å². The van der Waals surface area contributed by atoms with Gasteiger partial charge in [0.2, 0.25) is 5.91 Å². The second-order valence-electron chi connectivity index (χ2n) is 1.83. The van der Waals surface area contributed by atoms with Crippen LogP contribution in [0.3, 0.4) is 0 Å². The molecule has 0 fully saturated rings. The standard InChI is InChI=1S/C6H11NO3/c1-3-6(10-4-8)7-5(2)9/h4,6H,3H2,1-2H3,(H,7,9). The van der Waals surface area contributed by atoms with Gasteiger partial charge in [-0.15, -0.1) is 0 Å². The van der Waals surface area contributed by atoms with Crippen molar-refractivity contribution in [2.75, 3.05) is 0 Å². The molecule has 0 rings (SSSR count). The quantitative estimate of drug-likeness (QED) is 0.448. The molecule has 58 valence electrons. The molecule has 0 bridgehead atoms. The summed E-state index contributed by atoms with van der Waals surface area (Å²) in [5.74, 6) is -0.200. The zero-order chi connectivity index (χ0) is 7.98. The summed E-state index contributed by atoms with van der Waals surface area (Å²) in [5, 5.41) is 2.44. The predicted molar refractivity (Wildman–Crippen MR) is 35.0 cm³/mol.